The van der Waals surface area contributed by atoms with Crippen LogP contribution in [0.15, 0.2) is 47.4 Å². The predicted molar refractivity (Wildman–Crippen MR) is 118 cm³/mol. The SMILES string of the molecule is O=C(c1ccc(-c2ccc3c(c2)SCN3)cc1)N1CCN(C(=O)C2(O)CCC2)CC1. The molecule has 2 aliphatic heterocycles. The average Bonchev–Trinajstić information content (AvgIpc) is 3.24. The first-order chi connectivity index (χ1) is 14.5. The number of nitrogens with zero attached hydrogens (tertiary/aromatic N) is 2. The number of fused-ring (bicyclic) bond motifs is 1. The van der Waals surface area contributed by atoms with Crippen LogP contribution in [0.2, 0.25) is 0 Å². The molecule has 0 atom stereocenters. The van der Waals surface area contributed by atoms with Crippen LogP contribution in [-0.4, -0.2) is 64.4 Å². The number of carbonyl (C=O) groups excluding carboxylic acids is 2. The third-order valence-corrected chi connectivity index (χ3v) is 7.31. The molecule has 30 heavy (non-hydrogen) atoms. The molecule has 5 rings (SSSR count). The second-order valence-electron chi connectivity index (χ2n) is 8.22. The van der Waals surface area contributed by atoms with E-state index in [4.69, 9.17) is 0 Å². The van der Waals surface area contributed by atoms with Crippen LogP contribution in [0, 0.1) is 0 Å². The Morgan fingerprint density at radius 3 is 2.27 bits per heavy atom. The van der Waals surface area contributed by atoms with Gasteiger partial charge in [-0.2, -0.15) is 0 Å². The first-order valence-corrected chi connectivity index (χ1v) is 11.4. The first-order valence-electron chi connectivity index (χ1n) is 10.5. The normalized spacial score (nSPS) is 19.6. The van der Waals surface area contributed by atoms with Crippen LogP contribution in [0.3, 0.4) is 0 Å². The molecule has 2 aromatic carbocycles. The van der Waals surface area contributed by atoms with Crippen LogP contribution in [0.5, 0.6) is 0 Å². The topological polar surface area (TPSA) is 72.9 Å². The molecule has 1 saturated carbocycles. The van der Waals surface area contributed by atoms with Crippen molar-refractivity contribution in [2.45, 2.75) is 29.8 Å². The van der Waals surface area contributed by atoms with E-state index in [-0.39, 0.29) is 11.8 Å². The maximum Gasteiger partial charge on any atom is 0.254 e. The van der Waals surface area contributed by atoms with Gasteiger partial charge in [0.25, 0.3) is 11.8 Å². The molecule has 1 saturated heterocycles. The van der Waals surface area contributed by atoms with Gasteiger partial charge in [-0.05, 0) is 54.7 Å². The maximum atomic E-state index is 12.9. The van der Waals surface area contributed by atoms with Crippen molar-refractivity contribution in [1.82, 2.24) is 9.80 Å². The molecule has 0 radical (unpaired) electrons. The summed E-state index contributed by atoms with van der Waals surface area (Å²) in [4.78, 5) is 30.1. The van der Waals surface area contributed by atoms with Crippen LogP contribution in [-0.2, 0) is 4.79 Å². The Morgan fingerprint density at radius 2 is 1.60 bits per heavy atom. The van der Waals surface area contributed by atoms with Crippen molar-refractivity contribution < 1.29 is 14.7 Å². The molecule has 3 aliphatic rings. The monoisotopic (exact) mass is 423 g/mol. The lowest BCUT2D eigenvalue weighted by Gasteiger charge is -2.42. The van der Waals surface area contributed by atoms with Crippen LogP contribution < -0.4 is 5.32 Å². The zero-order valence-corrected chi connectivity index (χ0v) is 17.6. The molecule has 2 heterocycles. The summed E-state index contributed by atoms with van der Waals surface area (Å²) in [7, 11) is 0. The van der Waals surface area contributed by atoms with Gasteiger partial charge < -0.3 is 20.2 Å². The number of carbonyl (C=O) groups is 2. The van der Waals surface area contributed by atoms with Crippen molar-refractivity contribution in [3.05, 3.63) is 48.0 Å². The number of benzene rings is 2. The van der Waals surface area contributed by atoms with Gasteiger partial charge in [0, 0.05) is 42.3 Å². The van der Waals surface area contributed by atoms with Gasteiger partial charge >= 0.3 is 0 Å². The lowest BCUT2D eigenvalue weighted by Crippen LogP contribution is -2.58. The lowest BCUT2D eigenvalue weighted by molar-refractivity contribution is -0.161. The van der Waals surface area contributed by atoms with Crippen molar-refractivity contribution in [2.75, 3.05) is 37.4 Å². The van der Waals surface area contributed by atoms with Gasteiger partial charge in [0.05, 0.1) is 5.88 Å². The standard InChI is InChI=1S/C23H25N3O3S/c27-21(25-10-12-26(13-11-25)22(28)23(29)8-1-9-23)17-4-2-16(3-5-17)18-6-7-19-20(14-18)30-15-24-19/h2-7,14,24,29H,1,8-13,15H2. The van der Waals surface area contributed by atoms with E-state index in [1.165, 1.54) is 10.6 Å². The summed E-state index contributed by atoms with van der Waals surface area (Å²) in [6.45, 7) is 1.95. The Labute approximate surface area is 180 Å². The molecule has 6 nitrogen and oxygen atoms in total. The average molecular weight is 424 g/mol. The molecule has 0 bridgehead atoms. The van der Waals surface area contributed by atoms with Crippen molar-refractivity contribution >= 4 is 29.3 Å². The van der Waals surface area contributed by atoms with Crippen molar-refractivity contribution in [3.63, 3.8) is 0 Å². The highest BCUT2D eigenvalue weighted by molar-refractivity contribution is 7.99. The Balaban J connectivity index is 1.22. The number of amides is 2. The molecule has 1 aliphatic carbocycles. The summed E-state index contributed by atoms with van der Waals surface area (Å²) in [6, 6.07) is 14.1. The van der Waals surface area contributed by atoms with Gasteiger partial charge in [-0.15, -0.1) is 11.8 Å². The molecular formula is C23H25N3O3S. The van der Waals surface area contributed by atoms with E-state index < -0.39 is 5.60 Å². The smallest absolute Gasteiger partial charge is 0.254 e. The Kier molecular flexibility index (Phi) is 4.95. The van der Waals surface area contributed by atoms with Crippen molar-refractivity contribution in [3.8, 4) is 11.1 Å². The van der Waals surface area contributed by atoms with E-state index in [0.29, 0.717) is 44.6 Å². The van der Waals surface area contributed by atoms with Gasteiger partial charge in [-0.3, -0.25) is 9.59 Å². The highest BCUT2D eigenvalue weighted by atomic mass is 32.2. The maximum absolute atomic E-state index is 12.9. The Hall–Kier alpha value is -2.51. The van der Waals surface area contributed by atoms with E-state index in [0.717, 1.165) is 23.4 Å². The van der Waals surface area contributed by atoms with E-state index in [2.05, 4.69) is 23.5 Å². The van der Waals surface area contributed by atoms with Crippen LogP contribution in [0.25, 0.3) is 11.1 Å². The lowest BCUT2D eigenvalue weighted by atomic mass is 9.79. The number of hydrogen-bond acceptors (Lipinski definition) is 5. The van der Waals surface area contributed by atoms with E-state index in [1.54, 1.807) is 21.6 Å². The molecule has 2 aromatic rings. The fourth-order valence-electron chi connectivity index (χ4n) is 4.28. The third kappa shape index (κ3) is 3.46. The minimum atomic E-state index is -1.16. The number of aliphatic hydroxyl groups is 1. The van der Waals surface area contributed by atoms with Crippen LogP contribution in [0.1, 0.15) is 29.6 Å². The highest BCUT2D eigenvalue weighted by Crippen LogP contribution is 2.37. The molecule has 0 unspecified atom stereocenters. The third-order valence-electron chi connectivity index (χ3n) is 6.37. The summed E-state index contributed by atoms with van der Waals surface area (Å²) in [6.07, 6.45) is 2.01. The van der Waals surface area contributed by atoms with Crippen molar-refractivity contribution in [2.24, 2.45) is 0 Å². The van der Waals surface area contributed by atoms with Gasteiger partial charge in [-0.25, -0.2) is 0 Å². The number of anilines is 1. The highest BCUT2D eigenvalue weighted by Gasteiger charge is 2.45. The zero-order chi connectivity index (χ0) is 20.7. The summed E-state index contributed by atoms with van der Waals surface area (Å²) >= 11 is 1.80. The number of nitrogens with one attached hydrogen (secondary N) is 1. The van der Waals surface area contributed by atoms with Gasteiger partial charge in [0.15, 0.2) is 0 Å². The van der Waals surface area contributed by atoms with Gasteiger partial charge in [0.1, 0.15) is 5.60 Å². The largest absolute Gasteiger partial charge is 0.380 e. The van der Waals surface area contributed by atoms with Gasteiger partial charge in [0.2, 0.25) is 0 Å². The fraction of sp³-hybridized carbons (Fsp3) is 0.391. The van der Waals surface area contributed by atoms with Crippen LogP contribution >= 0.6 is 11.8 Å². The minimum Gasteiger partial charge on any atom is -0.380 e. The number of rotatable bonds is 3. The Bertz CT molecular complexity index is 980. The molecule has 7 heteroatoms. The minimum absolute atomic E-state index is 0.00952. The number of piperazine rings is 1. The second-order valence-corrected chi connectivity index (χ2v) is 9.24. The Morgan fingerprint density at radius 1 is 0.933 bits per heavy atom. The van der Waals surface area contributed by atoms with Crippen molar-refractivity contribution in [1.29, 1.82) is 0 Å². The molecular weight excluding hydrogens is 398 g/mol. The number of hydrogen-bond donors (Lipinski definition) is 2. The summed E-state index contributed by atoms with van der Waals surface area (Å²) < 4.78 is 0. The molecule has 2 fully saturated rings. The predicted octanol–water partition coefficient (Wildman–Crippen LogP) is 3.03. The quantitative estimate of drug-likeness (QED) is 0.794. The molecule has 0 spiro atoms. The zero-order valence-electron chi connectivity index (χ0n) is 16.8. The van der Waals surface area contributed by atoms with E-state index >= 15 is 0 Å². The summed E-state index contributed by atoms with van der Waals surface area (Å²) in [5, 5.41) is 13.6. The van der Waals surface area contributed by atoms with Crippen LogP contribution in [0.4, 0.5) is 5.69 Å². The molecule has 2 amide bonds. The molecule has 0 aromatic heterocycles. The number of thioether (sulfide) groups is 1. The van der Waals surface area contributed by atoms with E-state index in [1.807, 2.05) is 24.3 Å². The molecule has 156 valence electrons. The van der Waals surface area contributed by atoms with E-state index in [9.17, 15) is 14.7 Å². The fourth-order valence-corrected chi connectivity index (χ4v) is 5.17. The second kappa shape index (κ2) is 7.63. The summed E-state index contributed by atoms with van der Waals surface area (Å²) in [5.74, 6) is 0.724. The molecule has 2 N–H and O–H groups in total. The summed E-state index contributed by atoms with van der Waals surface area (Å²) in [5.41, 5.74) is 2.91. The van der Waals surface area contributed by atoms with Gasteiger partial charge in [-0.1, -0.05) is 18.2 Å². The first kappa shape index (κ1) is 19.5.